The van der Waals surface area contributed by atoms with E-state index in [1.54, 1.807) is 0 Å². The first-order chi connectivity index (χ1) is 6.79. The topological polar surface area (TPSA) is 77.3 Å². The summed E-state index contributed by atoms with van der Waals surface area (Å²) in [5, 5.41) is 21.1. The Labute approximate surface area is 89.3 Å². The van der Waals surface area contributed by atoms with Crippen LogP contribution in [0.5, 0.6) is 0 Å². The molecule has 2 aromatic heterocycles. The zero-order valence-corrected chi connectivity index (χ0v) is 8.26. The van der Waals surface area contributed by atoms with Gasteiger partial charge in [-0.1, -0.05) is 23.2 Å². The molecule has 72 valence electrons. The van der Waals surface area contributed by atoms with Gasteiger partial charge in [-0.2, -0.15) is 0 Å². The molecule has 6 nitrogen and oxygen atoms in total. The minimum Gasteiger partial charge on any atom is -0.137 e. The summed E-state index contributed by atoms with van der Waals surface area (Å²) in [6.07, 6.45) is 5.70. The van der Waals surface area contributed by atoms with Crippen molar-refractivity contribution >= 4 is 23.2 Å². The van der Waals surface area contributed by atoms with Crippen LogP contribution in [-0.4, -0.2) is 30.8 Å². The van der Waals surface area contributed by atoms with Gasteiger partial charge in [-0.3, -0.25) is 0 Å². The molecule has 0 unspecified atom stereocenters. The van der Waals surface area contributed by atoms with Crippen molar-refractivity contribution in [1.82, 2.24) is 30.8 Å². The SMILES string of the molecule is Clc1cnnnc1.Clc1cnnnc1. The van der Waals surface area contributed by atoms with Crippen LogP contribution in [-0.2, 0) is 0 Å². The van der Waals surface area contributed by atoms with E-state index in [1.165, 1.54) is 24.8 Å². The molecule has 0 amide bonds. The molecule has 0 bridgehead atoms. The van der Waals surface area contributed by atoms with Gasteiger partial charge in [-0.25, -0.2) is 0 Å². The quantitative estimate of drug-likeness (QED) is 0.674. The summed E-state index contributed by atoms with van der Waals surface area (Å²) in [4.78, 5) is 0. The van der Waals surface area contributed by atoms with Crippen molar-refractivity contribution in [3.8, 4) is 0 Å². The van der Waals surface area contributed by atoms with Crippen LogP contribution in [0.1, 0.15) is 0 Å². The fourth-order valence-corrected chi connectivity index (χ4v) is 0.625. The van der Waals surface area contributed by atoms with Crippen molar-refractivity contribution in [2.75, 3.05) is 0 Å². The van der Waals surface area contributed by atoms with E-state index in [2.05, 4.69) is 30.8 Å². The molecular formula is C6H4Cl2N6. The third-order valence-corrected chi connectivity index (χ3v) is 1.32. The highest BCUT2D eigenvalue weighted by molar-refractivity contribution is 6.30. The Morgan fingerprint density at radius 3 is 1.07 bits per heavy atom. The maximum absolute atomic E-state index is 5.37. The van der Waals surface area contributed by atoms with Crippen molar-refractivity contribution in [3.63, 3.8) is 0 Å². The summed E-state index contributed by atoms with van der Waals surface area (Å²) in [5.41, 5.74) is 0. The highest BCUT2D eigenvalue weighted by atomic mass is 35.5. The standard InChI is InChI=1S/2C3H2ClN3/c2*4-3-1-5-7-6-2-3/h2*1-2H. The van der Waals surface area contributed by atoms with E-state index in [0.29, 0.717) is 10.0 Å². The number of nitrogens with zero attached hydrogens (tertiary/aromatic N) is 6. The van der Waals surface area contributed by atoms with E-state index < -0.39 is 0 Å². The van der Waals surface area contributed by atoms with Crippen LogP contribution in [0.25, 0.3) is 0 Å². The molecule has 14 heavy (non-hydrogen) atoms. The lowest BCUT2D eigenvalue weighted by molar-refractivity contribution is 0.865. The van der Waals surface area contributed by atoms with Gasteiger partial charge >= 0.3 is 0 Å². The molecule has 0 saturated carbocycles. The lowest BCUT2D eigenvalue weighted by Gasteiger charge is -1.77. The second-order valence-corrected chi connectivity index (χ2v) is 2.80. The molecule has 8 heteroatoms. The van der Waals surface area contributed by atoms with E-state index in [4.69, 9.17) is 23.2 Å². The van der Waals surface area contributed by atoms with E-state index >= 15 is 0 Å². The Morgan fingerprint density at radius 1 is 0.643 bits per heavy atom. The van der Waals surface area contributed by atoms with Crippen molar-refractivity contribution in [3.05, 3.63) is 34.8 Å². The molecule has 0 radical (unpaired) electrons. The monoisotopic (exact) mass is 230 g/mol. The highest BCUT2D eigenvalue weighted by Gasteiger charge is 1.79. The second kappa shape index (κ2) is 6.11. The van der Waals surface area contributed by atoms with E-state index in [-0.39, 0.29) is 0 Å². The molecule has 0 fully saturated rings. The first-order valence-electron chi connectivity index (χ1n) is 3.37. The van der Waals surface area contributed by atoms with Gasteiger partial charge in [0, 0.05) is 0 Å². The van der Waals surface area contributed by atoms with Crippen LogP contribution < -0.4 is 0 Å². The molecule has 2 rings (SSSR count). The minimum absolute atomic E-state index is 0.509. The summed E-state index contributed by atoms with van der Waals surface area (Å²) in [5.74, 6) is 0. The molecule has 0 saturated heterocycles. The number of halogens is 2. The lowest BCUT2D eigenvalue weighted by Crippen LogP contribution is -1.80. The maximum Gasteiger partial charge on any atom is 0.0810 e. The normalized spacial score (nSPS) is 8.71. The summed E-state index contributed by atoms with van der Waals surface area (Å²) < 4.78 is 0. The molecule has 0 aliphatic heterocycles. The van der Waals surface area contributed by atoms with E-state index in [9.17, 15) is 0 Å². The Balaban J connectivity index is 0.000000140. The van der Waals surface area contributed by atoms with E-state index in [1.807, 2.05) is 0 Å². The van der Waals surface area contributed by atoms with Gasteiger partial charge in [0.1, 0.15) is 0 Å². The predicted molar refractivity (Wildman–Crippen MR) is 49.7 cm³/mol. The largest absolute Gasteiger partial charge is 0.137 e. The van der Waals surface area contributed by atoms with Crippen molar-refractivity contribution in [2.24, 2.45) is 0 Å². The molecule has 0 spiro atoms. The van der Waals surface area contributed by atoms with E-state index in [0.717, 1.165) is 0 Å². The molecule has 0 aliphatic carbocycles. The van der Waals surface area contributed by atoms with Gasteiger partial charge in [-0.15, -0.1) is 20.4 Å². The number of rotatable bonds is 0. The van der Waals surface area contributed by atoms with Crippen molar-refractivity contribution in [1.29, 1.82) is 0 Å². The number of hydrogen-bond acceptors (Lipinski definition) is 6. The fraction of sp³-hybridized carbons (Fsp3) is 0. The van der Waals surface area contributed by atoms with Gasteiger partial charge in [0.2, 0.25) is 0 Å². The van der Waals surface area contributed by atoms with Crippen molar-refractivity contribution < 1.29 is 0 Å². The molecular weight excluding hydrogens is 227 g/mol. The lowest BCUT2D eigenvalue weighted by atomic mass is 10.7. The molecule has 0 atom stereocenters. The van der Waals surface area contributed by atoms with Crippen LogP contribution in [0.15, 0.2) is 24.8 Å². The van der Waals surface area contributed by atoms with Crippen molar-refractivity contribution in [2.45, 2.75) is 0 Å². The predicted octanol–water partition coefficient (Wildman–Crippen LogP) is 1.05. The summed E-state index contributed by atoms with van der Waals surface area (Å²) >= 11 is 10.7. The van der Waals surface area contributed by atoms with Crippen LogP contribution >= 0.6 is 23.2 Å². The smallest absolute Gasteiger partial charge is 0.0810 e. The Morgan fingerprint density at radius 2 is 0.929 bits per heavy atom. The Kier molecular flexibility index (Phi) is 4.66. The average Bonchev–Trinajstić information content (AvgIpc) is 2.21. The van der Waals surface area contributed by atoms with Gasteiger partial charge in [0.15, 0.2) is 0 Å². The first kappa shape index (κ1) is 10.7. The Bertz CT molecular complexity index is 318. The summed E-state index contributed by atoms with van der Waals surface area (Å²) in [7, 11) is 0. The minimum atomic E-state index is 0.509. The Hall–Kier alpha value is -1.40. The molecule has 2 heterocycles. The second-order valence-electron chi connectivity index (χ2n) is 1.93. The average molecular weight is 231 g/mol. The van der Waals surface area contributed by atoms with Gasteiger partial charge in [-0.05, 0) is 10.4 Å². The summed E-state index contributed by atoms with van der Waals surface area (Å²) in [6.45, 7) is 0. The summed E-state index contributed by atoms with van der Waals surface area (Å²) in [6, 6.07) is 0. The van der Waals surface area contributed by atoms with Gasteiger partial charge in [0.25, 0.3) is 0 Å². The molecule has 0 N–H and O–H groups in total. The molecule has 0 aliphatic rings. The third-order valence-electron chi connectivity index (χ3n) is 0.931. The highest BCUT2D eigenvalue weighted by Crippen LogP contribution is 1.98. The van der Waals surface area contributed by atoms with Crippen LogP contribution in [0.2, 0.25) is 10.0 Å². The zero-order chi connectivity index (χ0) is 10.2. The maximum atomic E-state index is 5.37. The number of aromatic nitrogens is 6. The van der Waals surface area contributed by atoms with Gasteiger partial charge in [0.05, 0.1) is 34.8 Å². The first-order valence-corrected chi connectivity index (χ1v) is 4.12. The van der Waals surface area contributed by atoms with Crippen LogP contribution in [0, 0.1) is 0 Å². The molecule has 2 aromatic rings. The van der Waals surface area contributed by atoms with Crippen LogP contribution in [0.3, 0.4) is 0 Å². The third kappa shape index (κ3) is 4.58. The number of hydrogen-bond donors (Lipinski definition) is 0. The fourth-order valence-electron chi connectivity index (χ4n) is 0.450. The van der Waals surface area contributed by atoms with Crippen LogP contribution in [0.4, 0.5) is 0 Å². The van der Waals surface area contributed by atoms with Gasteiger partial charge < -0.3 is 0 Å². The zero-order valence-electron chi connectivity index (χ0n) is 6.75. The molecule has 0 aromatic carbocycles.